The number of phenols is 2. The molecule has 0 bridgehead atoms. The van der Waals surface area contributed by atoms with Gasteiger partial charge >= 0.3 is 0 Å². The number of epoxide rings is 1. The van der Waals surface area contributed by atoms with Crippen molar-refractivity contribution >= 4 is 39.2 Å². The Kier molecular flexibility index (Phi) is 8.46. The van der Waals surface area contributed by atoms with Gasteiger partial charge in [-0.25, -0.2) is 9.97 Å². The number of ether oxygens (including phenoxy) is 1. The summed E-state index contributed by atoms with van der Waals surface area (Å²) in [5, 5.41) is 39.1. The van der Waals surface area contributed by atoms with Crippen molar-refractivity contribution in [2.24, 2.45) is 0 Å². The zero-order valence-electron chi connectivity index (χ0n) is 21.5. The molecule has 7 rings (SSSR count). The fourth-order valence-electron chi connectivity index (χ4n) is 4.41. The molecule has 7 nitrogen and oxygen atoms in total. The molecule has 8 heteroatoms. The van der Waals surface area contributed by atoms with Crippen molar-refractivity contribution in [1.29, 1.82) is 0 Å². The summed E-state index contributed by atoms with van der Waals surface area (Å²) in [6, 6.07) is 23.7. The summed E-state index contributed by atoms with van der Waals surface area (Å²) in [6.45, 7) is 3.39. The summed E-state index contributed by atoms with van der Waals surface area (Å²) in [6.07, 6.45) is 8.59. The van der Waals surface area contributed by atoms with E-state index in [1.807, 2.05) is 12.1 Å². The van der Waals surface area contributed by atoms with Gasteiger partial charge in [-0.15, -0.1) is 0 Å². The minimum atomic E-state index is -0.129. The van der Waals surface area contributed by atoms with Gasteiger partial charge in [-0.3, -0.25) is 0 Å². The Balaban J connectivity index is 0.000000137. The monoisotopic (exact) mass is 550 g/mol. The summed E-state index contributed by atoms with van der Waals surface area (Å²) in [4.78, 5) is 8.15. The number of aromatic nitrogens is 2. The van der Waals surface area contributed by atoms with Crippen molar-refractivity contribution in [2.75, 3.05) is 0 Å². The molecular weight excluding hydrogens is 519 g/mol. The third-order valence-corrected chi connectivity index (χ3v) is 6.63. The lowest BCUT2D eigenvalue weighted by Gasteiger charge is -2.08. The van der Waals surface area contributed by atoms with Gasteiger partial charge in [0.25, 0.3) is 0 Å². The van der Waals surface area contributed by atoms with Crippen molar-refractivity contribution in [1.82, 2.24) is 9.97 Å². The number of phenolic OH excluding ortho intramolecular Hbond substituents is 2. The van der Waals surface area contributed by atoms with E-state index in [0.29, 0.717) is 22.4 Å². The van der Waals surface area contributed by atoms with Gasteiger partial charge in [-0.1, -0.05) is 72.8 Å². The number of hydrogen-bond acceptors (Lipinski definition) is 7. The number of hydrogen-bond donors (Lipinski definition) is 4. The molecule has 2 unspecified atom stereocenters. The van der Waals surface area contributed by atoms with Crippen LogP contribution in [0.5, 0.6) is 23.0 Å². The Morgan fingerprint density at radius 2 is 1.18 bits per heavy atom. The number of nitrogens with zero attached hydrogens (tertiary/aromatic N) is 2. The first-order valence-electron chi connectivity index (χ1n) is 12.4. The zero-order chi connectivity index (χ0) is 27.6. The largest absolute Gasteiger partial charge is 0.506 e. The fraction of sp³-hybridized carbons (Fsp3) is 0.125. The van der Waals surface area contributed by atoms with E-state index in [1.54, 1.807) is 62.4 Å². The maximum Gasteiger partial charge on any atom is 0.187 e. The first-order valence-corrected chi connectivity index (χ1v) is 12.4. The van der Waals surface area contributed by atoms with Crippen molar-refractivity contribution < 1.29 is 25.2 Å². The molecule has 2 aromatic heterocycles. The van der Waals surface area contributed by atoms with Crippen LogP contribution >= 0.6 is 0 Å². The Labute approximate surface area is 242 Å². The number of rotatable bonds is 1. The topological polar surface area (TPSA) is 119 Å². The standard InChI is InChI=1S/C12H10O.2C10H9NO2.Al.3H/c1-2-6-10(7-3-1)12-9-5-4-8-11(12)13-12;2*1-6-9(13)5-7-3-2-4-8(12)10(7)11-6;;;;/h1-9,11H;2*2-5,12-13H,1H3;;;;. The summed E-state index contributed by atoms with van der Waals surface area (Å²) >= 11 is 0. The quantitative estimate of drug-likeness (QED) is 0.169. The molecule has 0 spiro atoms. The van der Waals surface area contributed by atoms with E-state index in [9.17, 15) is 20.4 Å². The van der Waals surface area contributed by atoms with Gasteiger partial charge in [0.1, 0.15) is 45.7 Å². The van der Waals surface area contributed by atoms with Crippen LogP contribution in [-0.2, 0) is 10.3 Å². The maximum absolute atomic E-state index is 9.44. The van der Waals surface area contributed by atoms with Crippen LogP contribution in [0.15, 0.2) is 103 Å². The minimum Gasteiger partial charge on any atom is -0.506 e. The molecule has 4 N–H and O–H groups in total. The molecule has 1 fully saturated rings. The molecule has 0 amide bonds. The highest BCUT2D eigenvalue weighted by Crippen LogP contribution is 2.49. The first-order chi connectivity index (χ1) is 18.8. The summed E-state index contributed by atoms with van der Waals surface area (Å²) in [7, 11) is 0. The summed E-state index contributed by atoms with van der Waals surface area (Å²) in [5.41, 5.74) is 3.22. The van der Waals surface area contributed by atoms with Crippen molar-refractivity contribution in [2.45, 2.75) is 25.6 Å². The second kappa shape index (κ2) is 11.8. The van der Waals surface area contributed by atoms with E-state index in [-0.39, 0.29) is 52.1 Å². The normalized spacial score (nSPS) is 18.0. The van der Waals surface area contributed by atoms with Crippen LogP contribution in [0.4, 0.5) is 0 Å². The van der Waals surface area contributed by atoms with Crippen molar-refractivity contribution in [3.05, 3.63) is 120 Å². The lowest BCUT2D eigenvalue weighted by atomic mass is 9.92. The number of para-hydroxylation sites is 2. The average Bonchev–Trinajstić information content (AvgIpc) is 3.69. The minimum absolute atomic E-state index is 0. The van der Waals surface area contributed by atoms with Crippen LogP contribution in [0.1, 0.15) is 17.0 Å². The Hall–Kier alpha value is -4.35. The number of pyridine rings is 2. The van der Waals surface area contributed by atoms with Crippen LogP contribution in [0.2, 0.25) is 0 Å². The van der Waals surface area contributed by atoms with E-state index in [1.165, 1.54) is 5.56 Å². The van der Waals surface area contributed by atoms with Crippen molar-refractivity contribution in [3.63, 3.8) is 0 Å². The predicted molar refractivity (Wildman–Crippen MR) is 161 cm³/mol. The van der Waals surface area contributed by atoms with E-state index in [4.69, 9.17) is 4.74 Å². The number of aryl methyl sites for hydroxylation is 2. The maximum atomic E-state index is 9.44. The highest BCUT2D eigenvalue weighted by molar-refractivity contribution is 5.86. The second-order valence-corrected chi connectivity index (χ2v) is 9.33. The van der Waals surface area contributed by atoms with Gasteiger partial charge in [0.05, 0.1) is 11.4 Å². The van der Waals surface area contributed by atoms with Gasteiger partial charge in [0, 0.05) is 10.8 Å². The summed E-state index contributed by atoms with van der Waals surface area (Å²) in [5.74, 6) is 0.581. The molecule has 2 atom stereocenters. The van der Waals surface area contributed by atoms with Gasteiger partial charge in [0.15, 0.2) is 17.4 Å². The number of benzene rings is 3. The Bertz CT molecular complexity index is 1630. The molecule has 5 aromatic rings. The number of aromatic hydroxyl groups is 4. The summed E-state index contributed by atoms with van der Waals surface area (Å²) < 4.78 is 5.68. The molecule has 40 heavy (non-hydrogen) atoms. The molecule has 202 valence electrons. The molecule has 1 aliphatic heterocycles. The van der Waals surface area contributed by atoms with Gasteiger partial charge in [-0.2, -0.15) is 0 Å². The van der Waals surface area contributed by atoms with Crippen LogP contribution in [0.25, 0.3) is 21.8 Å². The van der Waals surface area contributed by atoms with Crippen LogP contribution in [0, 0.1) is 13.8 Å². The fourth-order valence-corrected chi connectivity index (χ4v) is 4.41. The van der Waals surface area contributed by atoms with Crippen LogP contribution in [0.3, 0.4) is 0 Å². The van der Waals surface area contributed by atoms with Gasteiger partial charge in [0.2, 0.25) is 0 Å². The predicted octanol–water partition coefficient (Wildman–Crippen LogP) is 5.13. The molecule has 0 saturated carbocycles. The molecule has 1 aliphatic carbocycles. The van der Waals surface area contributed by atoms with E-state index in [0.717, 1.165) is 10.8 Å². The lowest BCUT2D eigenvalue weighted by Crippen LogP contribution is -2.09. The molecule has 0 radical (unpaired) electrons. The molecule has 2 aliphatic rings. The Morgan fingerprint density at radius 1 is 0.650 bits per heavy atom. The van der Waals surface area contributed by atoms with Crippen molar-refractivity contribution in [3.8, 4) is 23.0 Å². The molecule has 3 heterocycles. The van der Waals surface area contributed by atoms with Crippen LogP contribution in [-0.4, -0.2) is 53.9 Å². The SMILES string of the molecule is C1=CC2OC2(c2ccccc2)C=C1.Cc1nc2c(O)cccc2cc1O.Cc1nc2c(O)cccc2cc1O.[AlH3]. The first kappa shape index (κ1) is 28.7. The highest BCUT2D eigenvalue weighted by Gasteiger charge is 2.54. The molecule has 1 saturated heterocycles. The average molecular weight is 551 g/mol. The van der Waals surface area contributed by atoms with Gasteiger partial charge in [-0.05, 0) is 49.8 Å². The van der Waals surface area contributed by atoms with E-state index >= 15 is 0 Å². The number of allylic oxidation sites excluding steroid dienone is 2. The highest BCUT2D eigenvalue weighted by atomic mass is 27.0. The third kappa shape index (κ3) is 5.80. The third-order valence-electron chi connectivity index (χ3n) is 6.63. The second-order valence-electron chi connectivity index (χ2n) is 9.33. The smallest absolute Gasteiger partial charge is 0.187 e. The number of fused-ring (bicyclic) bond motifs is 3. The van der Waals surface area contributed by atoms with Crippen LogP contribution < -0.4 is 0 Å². The lowest BCUT2D eigenvalue weighted by molar-refractivity contribution is 0.346. The Morgan fingerprint density at radius 3 is 1.68 bits per heavy atom. The van der Waals surface area contributed by atoms with Gasteiger partial charge < -0.3 is 25.2 Å². The molecular formula is C32H31AlN2O5. The van der Waals surface area contributed by atoms with E-state index < -0.39 is 0 Å². The zero-order valence-corrected chi connectivity index (χ0v) is 21.5. The van der Waals surface area contributed by atoms with E-state index in [2.05, 4.69) is 52.5 Å². The molecule has 3 aromatic carbocycles.